The maximum Gasteiger partial charge on any atom is 0.151 e. The first kappa shape index (κ1) is 9.15. The smallest absolute Gasteiger partial charge is 0.151 e. The van der Waals surface area contributed by atoms with E-state index in [4.69, 9.17) is 0 Å². The number of rotatable bonds is 1. The van der Waals surface area contributed by atoms with Crippen molar-refractivity contribution in [1.82, 2.24) is 0 Å². The van der Waals surface area contributed by atoms with Gasteiger partial charge in [-0.05, 0) is 58.0 Å². The van der Waals surface area contributed by atoms with Crippen LogP contribution in [0.2, 0.25) is 0 Å². The van der Waals surface area contributed by atoms with E-state index in [1.807, 2.05) is 6.07 Å². The standard InChI is InChI=1S/C10H7IOS/c1-6-5-13-10-7(4-12)2-8(11)3-9(6)10/h2-5H,1H3. The molecule has 0 spiro atoms. The Bertz CT molecular complexity index is 473. The van der Waals surface area contributed by atoms with Gasteiger partial charge in [0.05, 0.1) is 0 Å². The molecule has 0 amide bonds. The molecule has 0 saturated heterocycles. The molecule has 0 N–H and O–H groups in total. The lowest BCUT2D eigenvalue weighted by Crippen LogP contribution is -1.82. The number of carbonyl (C=O) groups excluding carboxylic acids is 1. The summed E-state index contributed by atoms with van der Waals surface area (Å²) < 4.78 is 2.22. The molecule has 0 saturated carbocycles. The van der Waals surface area contributed by atoms with Gasteiger partial charge in [-0.1, -0.05) is 0 Å². The van der Waals surface area contributed by atoms with Crippen LogP contribution >= 0.6 is 33.9 Å². The molecule has 0 bridgehead atoms. The predicted molar refractivity (Wildman–Crippen MR) is 64.7 cm³/mol. The van der Waals surface area contributed by atoms with Crippen LogP contribution in [-0.4, -0.2) is 6.29 Å². The van der Waals surface area contributed by atoms with Gasteiger partial charge in [0.25, 0.3) is 0 Å². The second-order valence-corrected chi connectivity index (χ2v) is 5.03. The van der Waals surface area contributed by atoms with E-state index in [0.717, 1.165) is 20.1 Å². The van der Waals surface area contributed by atoms with Crippen molar-refractivity contribution >= 4 is 50.3 Å². The van der Waals surface area contributed by atoms with Gasteiger partial charge >= 0.3 is 0 Å². The minimum absolute atomic E-state index is 0.806. The minimum Gasteiger partial charge on any atom is -0.298 e. The van der Waals surface area contributed by atoms with Crippen molar-refractivity contribution in [1.29, 1.82) is 0 Å². The molecule has 1 nitrogen and oxygen atoms in total. The zero-order chi connectivity index (χ0) is 9.42. The summed E-state index contributed by atoms with van der Waals surface area (Å²) in [4.78, 5) is 10.8. The van der Waals surface area contributed by atoms with Crippen LogP contribution < -0.4 is 0 Å². The van der Waals surface area contributed by atoms with Gasteiger partial charge in [-0.15, -0.1) is 11.3 Å². The molecule has 0 atom stereocenters. The van der Waals surface area contributed by atoms with Crippen molar-refractivity contribution in [3.8, 4) is 0 Å². The molecular weight excluding hydrogens is 295 g/mol. The number of carbonyl (C=O) groups is 1. The van der Waals surface area contributed by atoms with Gasteiger partial charge in [0.2, 0.25) is 0 Å². The molecule has 1 aromatic carbocycles. The number of aryl methyl sites for hydroxylation is 1. The molecule has 13 heavy (non-hydrogen) atoms. The quantitative estimate of drug-likeness (QED) is 0.581. The maximum atomic E-state index is 10.8. The predicted octanol–water partition coefficient (Wildman–Crippen LogP) is 3.63. The summed E-state index contributed by atoms with van der Waals surface area (Å²) in [7, 11) is 0. The Hall–Kier alpha value is -0.420. The zero-order valence-electron chi connectivity index (χ0n) is 7.00. The van der Waals surface area contributed by atoms with E-state index < -0.39 is 0 Å². The summed E-state index contributed by atoms with van der Waals surface area (Å²) in [5.74, 6) is 0. The third-order valence-electron chi connectivity index (χ3n) is 1.99. The molecule has 1 aromatic heterocycles. The lowest BCUT2D eigenvalue weighted by atomic mass is 10.1. The first-order valence-electron chi connectivity index (χ1n) is 3.85. The Morgan fingerprint density at radius 3 is 2.92 bits per heavy atom. The number of fused-ring (bicyclic) bond motifs is 1. The normalized spacial score (nSPS) is 10.6. The van der Waals surface area contributed by atoms with E-state index in [0.29, 0.717) is 0 Å². The van der Waals surface area contributed by atoms with Crippen LogP contribution in [0.25, 0.3) is 10.1 Å². The van der Waals surface area contributed by atoms with Crippen LogP contribution in [0.15, 0.2) is 17.5 Å². The lowest BCUT2D eigenvalue weighted by Gasteiger charge is -1.97. The number of hydrogen-bond donors (Lipinski definition) is 0. The third kappa shape index (κ3) is 1.50. The van der Waals surface area contributed by atoms with Gasteiger partial charge in [-0.2, -0.15) is 0 Å². The maximum absolute atomic E-state index is 10.8. The average molecular weight is 302 g/mol. The van der Waals surface area contributed by atoms with Gasteiger partial charge in [0.15, 0.2) is 6.29 Å². The molecular formula is C10H7IOS. The first-order chi connectivity index (χ1) is 6.22. The van der Waals surface area contributed by atoms with E-state index in [9.17, 15) is 4.79 Å². The van der Waals surface area contributed by atoms with E-state index >= 15 is 0 Å². The summed E-state index contributed by atoms with van der Waals surface area (Å²) in [5.41, 5.74) is 2.06. The van der Waals surface area contributed by atoms with E-state index in [2.05, 4.69) is 41.0 Å². The summed E-state index contributed by atoms with van der Waals surface area (Å²) in [6.45, 7) is 2.07. The molecule has 0 fully saturated rings. The largest absolute Gasteiger partial charge is 0.298 e. The highest BCUT2D eigenvalue weighted by Crippen LogP contribution is 2.29. The van der Waals surface area contributed by atoms with Gasteiger partial charge in [-0.3, -0.25) is 4.79 Å². The van der Waals surface area contributed by atoms with Gasteiger partial charge < -0.3 is 0 Å². The lowest BCUT2D eigenvalue weighted by molar-refractivity contribution is 0.112. The molecule has 0 aliphatic heterocycles. The second-order valence-electron chi connectivity index (χ2n) is 2.91. The van der Waals surface area contributed by atoms with E-state index in [1.54, 1.807) is 11.3 Å². The summed E-state index contributed by atoms with van der Waals surface area (Å²) >= 11 is 3.88. The molecule has 0 aliphatic carbocycles. The average Bonchev–Trinajstić information content (AvgIpc) is 2.47. The van der Waals surface area contributed by atoms with Crippen molar-refractivity contribution in [2.75, 3.05) is 0 Å². The highest BCUT2D eigenvalue weighted by Gasteiger charge is 2.05. The van der Waals surface area contributed by atoms with Crippen LogP contribution in [0.4, 0.5) is 0 Å². The van der Waals surface area contributed by atoms with Gasteiger partial charge in [0, 0.05) is 13.8 Å². The number of thiophene rings is 1. The summed E-state index contributed by atoms with van der Waals surface area (Å²) in [5, 5.41) is 3.30. The fourth-order valence-electron chi connectivity index (χ4n) is 1.34. The van der Waals surface area contributed by atoms with Crippen molar-refractivity contribution in [2.45, 2.75) is 6.92 Å². The van der Waals surface area contributed by atoms with Crippen molar-refractivity contribution < 1.29 is 4.79 Å². The number of hydrogen-bond acceptors (Lipinski definition) is 2. The van der Waals surface area contributed by atoms with Crippen LogP contribution in [0, 0.1) is 10.5 Å². The van der Waals surface area contributed by atoms with E-state index in [1.165, 1.54) is 10.9 Å². The van der Waals surface area contributed by atoms with Crippen molar-refractivity contribution in [3.63, 3.8) is 0 Å². The van der Waals surface area contributed by atoms with Gasteiger partial charge in [0.1, 0.15) is 0 Å². The monoisotopic (exact) mass is 302 g/mol. The van der Waals surface area contributed by atoms with Gasteiger partial charge in [-0.25, -0.2) is 0 Å². The first-order valence-corrected chi connectivity index (χ1v) is 5.80. The Labute approximate surface area is 93.9 Å². The van der Waals surface area contributed by atoms with Crippen molar-refractivity contribution in [2.24, 2.45) is 0 Å². The fourth-order valence-corrected chi connectivity index (χ4v) is 3.00. The molecule has 2 aromatic rings. The molecule has 0 radical (unpaired) electrons. The number of benzene rings is 1. The van der Waals surface area contributed by atoms with E-state index in [-0.39, 0.29) is 0 Å². The molecule has 0 aliphatic rings. The molecule has 1 heterocycles. The van der Waals surface area contributed by atoms with Crippen molar-refractivity contribution in [3.05, 3.63) is 32.2 Å². The molecule has 0 unspecified atom stereocenters. The highest BCUT2D eigenvalue weighted by atomic mass is 127. The molecule has 3 heteroatoms. The summed E-state index contributed by atoms with van der Waals surface area (Å²) in [6.07, 6.45) is 0.931. The minimum atomic E-state index is 0.806. The van der Waals surface area contributed by atoms with Crippen LogP contribution in [0.3, 0.4) is 0 Å². The Morgan fingerprint density at radius 1 is 1.46 bits per heavy atom. The number of halogens is 1. The molecule has 66 valence electrons. The Balaban J connectivity index is 2.91. The Kier molecular flexibility index (Phi) is 2.38. The SMILES string of the molecule is Cc1csc2c(C=O)cc(I)cc12. The fraction of sp³-hybridized carbons (Fsp3) is 0.100. The van der Waals surface area contributed by atoms with Crippen LogP contribution in [-0.2, 0) is 0 Å². The molecule has 2 rings (SSSR count). The summed E-state index contributed by atoms with van der Waals surface area (Å²) in [6, 6.07) is 4.04. The van der Waals surface area contributed by atoms with Crippen LogP contribution in [0.5, 0.6) is 0 Å². The third-order valence-corrected chi connectivity index (χ3v) is 3.77. The Morgan fingerprint density at radius 2 is 2.23 bits per heavy atom. The second kappa shape index (κ2) is 3.38. The highest BCUT2D eigenvalue weighted by molar-refractivity contribution is 14.1. The topological polar surface area (TPSA) is 17.1 Å². The number of aldehydes is 1. The zero-order valence-corrected chi connectivity index (χ0v) is 9.98. The van der Waals surface area contributed by atoms with Crippen LogP contribution in [0.1, 0.15) is 15.9 Å².